The molecule has 1 saturated carbocycles. The molecule has 0 bridgehead atoms. The van der Waals surface area contributed by atoms with Crippen LogP contribution in [-0.2, 0) is 19.6 Å². The first kappa shape index (κ1) is 16.7. The molecule has 1 saturated heterocycles. The quantitative estimate of drug-likeness (QED) is 0.801. The minimum Gasteiger partial charge on any atom is -0.481 e. The molecule has 1 unspecified atom stereocenters. The molecule has 0 aromatic carbocycles. The first-order valence-corrected chi connectivity index (χ1v) is 9.28. The standard InChI is InChI=1S/C14H25NO5S/c1-2-8-20-12-4-3-6-15(7-5-12)21(18,19)13-9-11(10-13)14(16)17/h11-13H,2-10H2,1H3,(H,16,17). The van der Waals surface area contributed by atoms with Crippen LogP contribution in [0.1, 0.15) is 45.4 Å². The van der Waals surface area contributed by atoms with E-state index in [0.29, 0.717) is 13.1 Å². The molecule has 1 aliphatic heterocycles. The van der Waals surface area contributed by atoms with Crippen molar-refractivity contribution in [3.8, 4) is 0 Å². The maximum atomic E-state index is 12.5. The minimum atomic E-state index is -3.34. The first-order chi connectivity index (χ1) is 9.95. The largest absolute Gasteiger partial charge is 0.481 e. The molecule has 122 valence electrons. The van der Waals surface area contributed by atoms with Crippen LogP contribution in [0.5, 0.6) is 0 Å². The molecule has 6 nitrogen and oxygen atoms in total. The Bertz CT molecular complexity index is 458. The molecule has 1 heterocycles. The van der Waals surface area contributed by atoms with Gasteiger partial charge in [-0.05, 0) is 38.5 Å². The molecular weight excluding hydrogens is 294 g/mol. The summed E-state index contributed by atoms with van der Waals surface area (Å²) in [6, 6.07) is 0. The lowest BCUT2D eigenvalue weighted by molar-refractivity contribution is -0.144. The van der Waals surface area contributed by atoms with Crippen molar-refractivity contribution < 1.29 is 23.1 Å². The normalized spacial score (nSPS) is 31.4. The fourth-order valence-electron chi connectivity index (χ4n) is 2.97. The lowest BCUT2D eigenvalue weighted by Gasteiger charge is -2.35. The summed E-state index contributed by atoms with van der Waals surface area (Å²) in [6.07, 6.45) is 4.06. The Morgan fingerprint density at radius 2 is 2.00 bits per heavy atom. The Hall–Kier alpha value is -0.660. The van der Waals surface area contributed by atoms with Crippen LogP contribution in [-0.4, -0.2) is 54.8 Å². The highest BCUT2D eigenvalue weighted by molar-refractivity contribution is 7.89. The van der Waals surface area contributed by atoms with Crippen LogP contribution in [0.4, 0.5) is 0 Å². The summed E-state index contributed by atoms with van der Waals surface area (Å²) in [4.78, 5) is 10.8. The molecule has 7 heteroatoms. The topological polar surface area (TPSA) is 83.9 Å². The third kappa shape index (κ3) is 3.96. The maximum absolute atomic E-state index is 12.5. The number of rotatable bonds is 6. The second-order valence-electron chi connectivity index (χ2n) is 6.00. The van der Waals surface area contributed by atoms with Crippen molar-refractivity contribution in [2.45, 2.75) is 56.8 Å². The highest BCUT2D eigenvalue weighted by Gasteiger charge is 2.45. The average Bonchev–Trinajstić information content (AvgIpc) is 2.59. The maximum Gasteiger partial charge on any atom is 0.306 e. The van der Waals surface area contributed by atoms with Gasteiger partial charge in [0.05, 0.1) is 17.3 Å². The van der Waals surface area contributed by atoms with Crippen molar-refractivity contribution >= 4 is 16.0 Å². The Labute approximate surface area is 126 Å². The molecule has 2 aliphatic rings. The van der Waals surface area contributed by atoms with E-state index in [1.165, 1.54) is 0 Å². The molecule has 1 N–H and O–H groups in total. The summed E-state index contributed by atoms with van der Waals surface area (Å²) in [5.74, 6) is -1.37. The van der Waals surface area contributed by atoms with E-state index in [1.807, 2.05) is 0 Å². The molecule has 0 radical (unpaired) electrons. The van der Waals surface area contributed by atoms with Crippen LogP contribution >= 0.6 is 0 Å². The SMILES string of the molecule is CCCOC1CCCN(S(=O)(=O)C2CC(C(=O)O)C2)CC1. The van der Waals surface area contributed by atoms with Gasteiger partial charge in [0.2, 0.25) is 10.0 Å². The predicted octanol–water partition coefficient (Wildman–Crippen LogP) is 1.46. The number of aliphatic carboxylic acids is 1. The van der Waals surface area contributed by atoms with Crippen LogP contribution < -0.4 is 0 Å². The minimum absolute atomic E-state index is 0.151. The van der Waals surface area contributed by atoms with Crippen molar-refractivity contribution in [3.63, 3.8) is 0 Å². The summed E-state index contributed by atoms with van der Waals surface area (Å²) < 4.78 is 32.3. The van der Waals surface area contributed by atoms with Gasteiger partial charge < -0.3 is 9.84 Å². The Balaban J connectivity index is 1.88. The van der Waals surface area contributed by atoms with Gasteiger partial charge in [0.25, 0.3) is 0 Å². The lowest BCUT2D eigenvalue weighted by Crippen LogP contribution is -2.47. The number of sulfonamides is 1. The first-order valence-electron chi connectivity index (χ1n) is 7.78. The lowest BCUT2D eigenvalue weighted by atomic mass is 9.85. The van der Waals surface area contributed by atoms with E-state index in [1.54, 1.807) is 4.31 Å². The molecule has 2 fully saturated rings. The van der Waals surface area contributed by atoms with Gasteiger partial charge >= 0.3 is 5.97 Å². The molecule has 1 aliphatic carbocycles. The van der Waals surface area contributed by atoms with Crippen molar-refractivity contribution in [1.82, 2.24) is 4.31 Å². The van der Waals surface area contributed by atoms with Crippen LogP contribution in [0.15, 0.2) is 0 Å². The van der Waals surface area contributed by atoms with Gasteiger partial charge in [0, 0.05) is 19.7 Å². The second-order valence-corrected chi connectivity index (χ2v) is 8.21. The van der Waals surface area contributed by atoms with Gasteiger partial charge in [-0.1, -0.05) is 6.92 Å². The van der Waals surface area contributed by atoms with Crippen molar-refractivity contribution in [2.24, 2.45) is 5.92 Å². The average molecular weight is 319 g/mol. The van der Waals surface area contributed by atoms with E-state index in [4.69, 9.17) is 9.84 Å². The molecule has 0 aromatic heterocycles. The second kappa shape index (κ2) is 7.07. The van der Waals surface area contributed by atoms with Gasteiger partial charge in [0.15, 0.2) is 0 Å². The molecule has 0 aromatic rings. The van der Waals surface area contributed by atoms with Crippen LogP contribution in [0.25, 0.3) is 0 Å². The third-order valence-corrected chi connectivity index (χ3v) is 6.73. The number of hydrogen-bond acceptors (Lipinski definition) is 4. The fraction of sp³-hybridized carbons (Fsp3) is 0.929. The summed E-state index contributed by atoms with van der Waals surface area (Å²) in [5.41, 5.74) is 0. The molecule has 1 atom stereocenters. The summed E-state index contributed by atoms with van der Waals surface area (Å²) in [7, 11) is -3.34. The third-order valence-electron chi connectivity index (χ3n) is 4.42. The predicted molar refractivity (Wildman–Crippen MR) is 78.5 cm³/mol. The molecular formula is C14H25NO5S. The van der Waals surface area contributed by atoms with Crippen molar-refractivity contribution in [2.75, 3.05) is 19.7 Å². The number of carbonyl (C=O) groups is 1. The zero-order chi connectivity index (χ0) is 15.5. The Morgan fingerprint density at radius 1 is 1.29 bits per heavy atom. The van der Waals surface area contributed by atoms with E-state index < -0.39 is 27.2 Å². The van der Waals surface area contributed by atoms with E-state index >= 15 is 0 Å². The zero-order valence-corrected chi connectivity index (χ0v) is 13.3. The summed E-state index contributed by atoms with van der Waals surface area (Å²) >= 11 is 0. The van der Waals surface area contributed by atoms with Gasteiger partial charge in [-0.3, -0.25) is 4.79 Å². The van der Waals surface area contributed by atoms with E-state index in [-0.39, 0.29) is 18.9 Å². The molecule has 2 rings (SSSR count). The summed E-state index contributed by atoms with van der Waals surface area (Å²) in [5, 5.41) is 8.36. The van der Waals surface area contributed by atoms with E-state index in [0.717, 1.165) is 32.3 Å². The molecule has 0 amide bonds. The van der Waals surface area contributed by atoms with Crippen molar-refractivity contribution in [1.29, 1.82) is 0 Å². The fourth-order valence-corrected chi connectivity index (χ4v) is 5.08. The molecule has 21 heavy (non-hydrogen) atoms. The summed E-state index contributed by atoms with van der Waals surface area (Å²) in [6.45, 7) is 3.80. The smallest absolute Gasteiger partial charge is 0.306 e. The van der Waals surface area contributed by atoms with Gasteiger partial charge in [-0.15, -0.1) is 0 Å². The van der Waals surface area contributed by atoms with Crippen LogP contribution in [0, 0.1) is 5.92 Å². The highest BCUT2D eigenvalue weighted by atomic mass is 32.2. The van der Waals surface area contributed by atoms with Crippen LogP contribution in [0.3, 0.4) is 0 Å². The monoisotopic (exact) mass is 319 g/mol. The van der Waals surface area contributed by atoms with Gasteiger partial charge in [0.1, 0.15) is 0 Å². The number of ether oxygens (including phenoxy) is 1. The van der Waals surface area contributed by atoms with Crippen LogP contribution in [0.2, 0.25) is 0 Å². The van der Waals surface area contributed by atoms with Gasteiger partial charge in [-0.2, -0.15) is 0 Å². The Morgan fingerprint density at radius 3 is 2.62 bits per heavy atom. The highest BCUT2D eigenvalue weighted by Crippen LogP contribution is 2.35. The van der Waals surface area contributed by atoms with E-state index in [9.17, 15) is 13.2 Å². The number of nitrogens with zero attached hydrogens (tertiary/aromatic N) is 1. The van der Waals surface area contributed by atoms with E-state index in [2.05, 4.69) is 6.92 Å². The molecule has 0 spiro atoms. The zero-order valence-electron chi connectivity index (χ0n) is 12.5. The Kier molecular flexibility index (Phi) is 5.62. The van der Waals surface area contributed by atoms with Gasteiger partial charge in [-0.25, -0.2) is 12.7 Å². The number of carboxylic acids is 1. The number of carboxylic acid groups (broad SMARTS) is 1. The number of hydrogen-bond donors (Lipinski definition) is 1. The van der Waals surface area contributed by atoms with Crippen molar-refractivity contribution in [3.05, 3.63) is 0 Å².